The van der Waals surface area contributed by atoms with Crippen LogP contribution in [-0.2, 0) is 11.2 Å². The first-order valence-corrected chi connectivity index (χ1v) is 11.4. The lowest BCUT2D eigenvalue weighted by Crippen LogP contribution is -2.48. The van der Waals surface area contributed by atoms with Crippen LogP contribution >= 0.6 is 0 Å². The van der Waals surface area contributed by atoms with Crippen LogP contribution in [0.2, 0.25) is 0 Å². The summed E-state index contributed by atoms with van der Waals surface area (Å²) in [6.45, 7) is 5.56. The molecule has 0 bridgehead atoms. The molecular weight excluding hydrogens is 422 g/mol. The van der Waals surface area contributed by atoms with Crippen molar-refractivity contribution in [2.45, 2.75) is 51.2 Å². The van der Waals surface area contributed by atoms with Crippen molar-refractivity contribution in [3.63, 3.8) is 0 Å². The number of para-hydroxylation sites is 1. The third kappa shape index (κ3) is 6.68. The van der Waals surface area contributed by atoms with E-state index in [4.69, 9.17) is 4.74 Å². The number of amides is 1. The zero-order valence-corrected chi connectivity index (χ0v) is 19.6. The summed E-state index contributed by atoms with van der Waals surface area (Å²) in [5, 5.41) is 22.2. The minimum Gasteiger partial charge on any atom is -0.491 e. The summed E-state index contributed by atoms with van der Waals surface area (Å²) in [5.74, 6) is 0.686. The molecule has 33 heavy (non-hydrogen) atoms. The number of nitro benzene ring substituents is 1. The standard InChI is InChI=1S/C25H33N3O5/c1-19(2)33-22-10-8-21(9-11-22)26(3)15-12-25(30)13-16-27(17-14-25)24(29)18-20-6-4-5-7-23(20)28(31)32/h4-11,19,30H,12-18H2,1-3H3. The molecule has 178 valence electrons. The first kappa shape index (κ1) is 24.5. The first-order chi connectivity index (χ1) is 15.7. The maximum atomic E-state index is 12.7. The van der Waals surface area contributed by atoms with E-state index in [2.05, 4.69) is 4.90 Å². The predicted molar refractivity (Wildman–Crippen MR) is 128 cm³/mol. The SMILES string of the molecule is CC(C)Oc1ccc(N(C)CCC2(O)CCN(C(=O)Cc3ccccc3[N+](=O)[O-])CC2)cc1. The van der Waals surface area contributed by atoms with Gasteiger partial charge in [-0.2, -0.15) is 0 Å². The third-order valence-electron chi connectivity index (χ3n) is 6.14. The van der Waals surface area contributed by atoms with Gasteiger partial charge >= 0.3 is 0 Å². The predicted octanol–water partition coefficient (Wildman–Crippen LogP) is 3.80. The van der Waals surface area contributed by atoms with Crippen molar-refractivity contribution in [2.24, 2.45) is 0 Å². The van der Waals surface area contributed by atoms with Gasteiger partial charge < -0.3 is 19.6 Å². The van der Waals surface area contributed by atoms with E-state index in [-0.39, 0.29) is 24.1 Å². The van der Waals surface area contributed by atoms with E-state index in [0.717, 1.165) is 11.4 Å². The Morgan fingerprint density at radius 3 is 2.42 bits per heavy atom. The van der Waals surface area contributed by atoms with Crippen molar-refractivity contribution in [3.8, 4) is 5.75 Å². The molecule has 0 spiro atoms. The maximum absolute atomic E-state index is 12.7. The van der Waals surface area contributed by atoms with E-state index < -0.39 is 10.5 Å². The van der Waals surface area contributed by atoms with E-state index in [1.54, 1.807) is 23.1 Å². The van der Waals surface area contributed by atoms with Gasteiger partial charge in [0.15, 0.2) is 0 Å². The van der Waals surface area contributed by atoms with Crippen molar-refractivity contribution in [1.82, 2.24) is 4.90 Å². The Morgan fingerprint density at radius 2 is 1.82 bits per heavy atom. The number of carbonyl (C=O) groups is 1. The Kier molecular flexibility index (Phi) is 7.92. The van der Waals surface area contributed by atoms with Crippen LogP contribution < -0.4 is 9.64 Å². The lowest BCUT2D eigenvalue weighted by atomic mass is 9.87. The molecule has 0 aliphatic carbocycles. The molecule has 1 N–H and O–H groups in total. The van der Waals surface area contributed by atoms with E-state index in [0.29, 0.717) is 44.5 Å². The first-order valence-electron chi connectivity index (χ1n) is 11.4. The molecule has 1 heterocycles. The molecule has 2 aromatic carbocycles. The second-order valence-electron chi connectivity index (χ2n) is 9.00. The average Bonchev–Trinajstić information content (AvgIpc) is 2.78. The summed E-state index contributed by atoms with van der Waals surface area (Å²) in [6, 6.07) is 14.2. The number of anilines is 1. The number of ether oxygens (including phenoxy) is 1. The monoisotopic (exact) mass is 455 g/mol. The molecule has 0 radical (unpaired) electrons. The molecule has 1 aliphatic heterocycles. The molecule has 1 saturated heterocycles. The number of rotatable bonds is 9. The lowest BCUT2D eigenvalue weighted by Gasteiger charge is -2.39. The van der Waals surface area contributed by atoms with Gasteiger partial charge in [-0.15, -0.1) is 0 Å². The quantitative estimate of drug-likeness (QED) is 0.456. The Morgan fingerprint density at radius 1 is 1.18 bits per heavy atom. The van der Waals surface area contributed by atoms with Gasteiger partial charge in [0.2, 0.25) is 5.91 Å². The number of hydrogen-bond acceptors (Lipinski definition) is 6. The molecule has 0 saturated carbocycles. The van der Waals surface area contributed by atoms with Crippen LogP contribution in [0.5, 0.6) is 5.75 Å². The molecule has 1 fully saturated rings. The van der Waals surface area contributed by atoms with Crippen molar-refractivity contribution < 1.29 is 19.6 Å². The van der Waals surface area contributed by atoms with E-state index in [1.807, 2.05) is 45.2 Å². The number of nitrogens with zero attached hydrogens (tertiary/aromatic N) is 3. The van der Waals surface area contributed by atoms with Gasteiger partial charge in [0, 0.05) is 44.0 Å². The molecule has 1 amide bonds. The highest BCUT2D eigenvalue weighted by molar-refractivity contribution is 5.80. The number of benzene rings is 2. The fourth-order valence-electron chi connectivity index (χ4n) is 4.09. The normalized spacial score (nSPS) is 15.4. The minimum atomic E-state index is -0.829. The number of likely N-dealkylation sites (tertiary alicyclic amines) is 1. The van der Waals surface area contributed by atoms with E-state index in [1.165, 1.54) is 6.07 Å². The third-order valence-corrected chi connectivity index (χ3v) is 6.14. The fourth-order valence-corrected chi connectivity index (χ4v) is 4.09. The van der Waals surface area contributed by atoms with Crippen LogP contribution in [-0.4, -0.2) is 59.2 Å². The number of piperidine rings is 1. The van der Waals surface area contributed by atoms with Crippen molar-refractivity contribution in [3.05, 3.63) is 64.2 Å². The second kappa shape index (κ2) is 10.7. The van der Waals surface area contributed by atoms with Crippen LogP contribution in [0.25, 0.3) is 0 Å². The van der Waals surface area contributed by atoms with Crippen LogP contribution in [0.15, 0.2) is 48.5 Å². The van der Waals surface area contributed by atoms with Gasteiger partial charge in [0.1, 0.15) is 5.75 Å². The molecule has 0 aromatic heterocycles. The summed E-state index contributed by atoms with van der Waals surface area (Å²) in [7, 11) is 1.99. The van der Waals surface area contributed by atoms with Gasteiger partial charge in [0.05, 0.1) is 23.0 Å². The van der Waals surface area contributed by atoms with Gasteiger partial charge in [-0.3, -0.25) is 14.9 Å². The number of aliphatic hydroxyl groups is 1. The molecule has 8 nitrogen and oxygen atoms in total. The molecule has 1 aliphatic rings. The average molecular weight is 456 g/mol. The summed E-state index contributed by atoms with van der Waals surface area (Å²) in [5.41, 5.74) is 0.600. The highest BCUT2D eigenvalue weighted by Crippen LogP contribution is 2.28. The molecule has 3 rings (SSSR count). The molecular formula is C25H33N3O5. The maximum Gasteiger partial charge on any atom is 0.273 e. The lowest BCUT2D eigenvalue weighted by molar-refractivity contribution is -0.385. The second-order valence-corrected chi connectivity index (χ2v) is 9.00. The molecule has 2 aromatic rings. The number of carbonyl (C=O) groups excluding carboxylic acids is 1. The number of nitro groups is 1. The molecule has 0 atom stereocenters. The Bertz CT molecular complexity index is 953. The van der Waals surface area contributed by atoms with Gasteiger partial charge in [-0.1, -0.05) is 18.2 Å². The smallest absolute Gasteiger partial charge is 0.273 e. The van der Waals surface area contributed by atoms with Gasteiger partial charge in [-0.25, -0.2) is 0 Å². The van der Waals surface area contributed by atoms with Crippen molar-refractivity contribution in [1.29, 1.82) is 0 Å². The minimum absolute atomic E-state index is 0.00512. The Hall–Kier alpha value is -3.13. The Labute approximate surface area is 194 Å². The largest absolute Gasteiger partial charge is 0.491 e. The summed E-state index contributed by atoms with van der Waals surface area (Å²) in [6.07, 6.45) is 1.70. The van der Waals surface area contributed by atoms with Crippen LogP contribution in [0.1, 0.15) is 38.7 Å². The van der Waals surface area contributed by atoms with Crippen LogP contribution in [0.4, 0.5) is 11.4 Å². The van der Waals surface area contributed by atoms with Crippen molar-refractivity contribution >= 4 is 17.3 Å². The van der Waals surface area contributed by atoms with E-state index >= 15 is 0 Å². The molecule has 8 heteroatoms. The summed E-state index contributed by atoms with van der Waals surface area (Å²) in [4.78, 5) is 27.2. The van der Waals surface area contributed by atoms with Crippen molar-refractivity contribution in [2.75, 3.05) is 31.6 Å². The number of hydrogen-bond donors (Lipinski definition) is 1. The highest BCUT2D eigenvalue weighted by Gasteiger charge is 2.34. The van der Waals surface area contributed by atoms with Crippen LogP contribution in [0, 0.1) is 10.1 Å². The zero-order chi connectivity index (χ0) is 24.0. The molecule has 0 unspecified atom stereocenters. The van der Waals surface area contributed by atoms with Crippen LogP contribution in [0.3, 0.4) is 0 Å². The topological polar surface area (TPSA) is 96.2 Å². The zero-order valence-electron chi connectivity index (χ0n) is 19.6. The highest BCUT2D eigenvalue weighted by atomic mass is 16.6. The van der Waals surface area contributed by atoms with E-state index in [9.17, 15) is 20.0 Å². The fraction of sp³-hybridized carbons (Fsp3) is 0.480. The summed E-state index contributed by atoms with van der Waals surface area (Å²) >= 11 is 0. The van der Waals surface area contributed by atoms with Gasteiger partial charge in [0.25, 0.3) is 5.69 Å². The Balaban J connectivity index is 1.49. The summed E-state index contributed by atoms with van der Waals surface area (Å²) < 4.78 is 5.68. The van der Waals surface area contributed by atoms with Gasteiger partial charge in [-0.05, 0) is 57.4 Å².